The second kappa shape index (κ2) is 17.6. The summed E-state index contributed by atoms with van der Waals surface area (Å²) in [5.41, 5.74) is 0.448. The van der Waals surface area contributed by atoms with Gasteiger partial charge in [-0.1, -0.05) is 19.3 Å². The molecule has 3 N–H and O–H groups in total. The van der Waals surface area contributed by atoms with Crippen LogP contribution in [0.4, 0.5) is 13.6 Å². The number of halogens is 2. The molecule has 0 bridgehead atoms. The summed E-state index contributed by atoms with van der Waals surface area (Å²) in [4.78, 5) is 56.0. The van der Waals surface area contributed by atoms with Crippen LogP contribution >= 0.6 is 0 Å². The average molecular weight is 696 g/mol. The minimum Gasteiger partial charge on any atom is -0.487 e. The highest BCUT2D eigenvalue weighted by molar-refractivity contribution is 6.00. The van der Waals surface area contributed by atoms with E-state index >= 15 is 0 Å². The van der Waals surface area contributed by atoms with Crippen LogP contribution in [0.3, 0.4) is 0 Å². The number of rotatable bonds is 15. The van der Waals surface area contributed by atoms with Gasteiger partial charge < -0.3 is 44.1 Å². The number of aryl methyl sites for hydroxylation is 1. The number of nitrogens with zero attached hydrogens (tertiary/aromatic N) is 4. The molecule has 2 aromatic rings. The fourth-order valence-electron chi connectivity index (χ4n) is 6.27. The van der Waals surface area contributed by atoms with Gasteiger partial charge in [-0.25, -0.2) is 9.18 Å². The van der Waals surface area contributed by atoms with E-state index in [2.05, 4.69) is 5.32 Å². The second-order valence-corrected chi connectivity index (χ2v) is 12.4. The van der Waals surface area contributed by atoms with Crippen molar-refractivity contribution in [1.82, 2.24) is 24.6 Å². The van der Waals surface area contributed by atoms with Crippen LogP contribution in [0.25, 0.3) is 10.9 Å². The zero-order chi connectivity index (χ0) is 35.7. The SMILES string of the molecule is C[C@@H](C(=O)N[C@H](C(=O)N1CCN(C(=O)c2cc3c(OCCOCCOCCO)c(F)c(F)cc3n2C)CC1)C1CCCCC1)N(C)C(=O)O. The van der Waals surface area contributed by atoms with Crippen LogP contribution in [-0.4, -0.2) is 138 Å². The molecule has 1 saturated carbocycles. The number of piperazine rings is 1. The van der Waals surface area contributed by atoms with Crippen LogP contribution in [0.15, 0.2) is 12.1 Å². The average Bonchev–Trinajstić information content (AvgIpc) is 3.43. The number of aromatic nitrogens is 1. The van der Waals surface area contributed by atoms with Gasteiger partial charge in [-0.15, -0.1) is 0 Å². The number of aliphatic hydroxyl groups is 1. The lowest BCUT2D eigenvalue weighted by molar-refractivity contribution is -0.140. The molecule has 2 fully saturated rings. The van der Waals surface area contributed by atoms with E-state index in [9.17, 15) is 33.1 Å². The highest BCUT2D eigenvalue weighted by Gasteiger charge is 2.37. The van der Waals surface area contributed by atoms with Crippen molar-refractivity contribution < 1.29 is 52.4 Å². The first kappa shape index (κ1) is 37.8. The van der Waals surface area contributed by atoms with Crippen molar-refractivity contribution in [1.29, 1.82) is 0 Å². The van der Waals surface area contributed by atoms with Gasteiger partial charge in [-0.2, -0.15) is 4.39 Å². The van der Waals surface area contributed by atoms with Crippen LogP contribution in [0.5, 0.6) is 5.75 Å². The predicted octanol–water partition coefficient (Wildman–Crippen LogP) is 2.21. The maximum Gasteiger partial charge on any atom is 0.407 e. The third-order valence-corrected chi connectivity index (χ3v) is 9.32. The van der Waals surface area contributed by atoms with Crippen LogP contribution in [0.2, 0.25) is 0 Å². The van der Waals surface area contributed by atoms with Gasteiger partial charge in [0.1, 0.15) is 24.4 Å². The normalized spacial score (nSPS) is 16.8. The van der Waals surface area contributed by atoms with E-state index in [1.165, 1.54) is 24.6 Å². The summed E-state index contributed by atoms with van der Waals surface area (Å²) in [6.07, 6.45) is 3.18. The Balaban J connectivity index is 1.42. The first-order valence-electron chi connectivity index (χ1n) is 16.7. The van der Waals surface area contributed by atoms with E-state index in [1.54, 1.807) is 16.8 Å². The van der Waals surface area contributed by atoms with Gasteiger partial charge in [0.05, 0.1) is 38.6 Å². The van der Waals surface area contributed by atoms with E-state index in [0.717, 1.165) is 43.1 Å². The Morgan fingerprint density at radius 3 is 2.20 bits per heavy atom. The molecule has 0 radical (unpaired) electrons. The lowest BCUT2D eigenvalue weighted by Crippen LogP contribution is -2.59. The molecule has 1 aliphatic carbocycles. The molecule has 0 unspecified atom stereocenters. The van der Waals surface area contributed by atoms with Crippen LogP contribution in [0, 0.1) is 17.6 Å². The predicted molar refractivity (Wildman–Crippen MR) is 173 cm³/mol. The standard InChI is InChI=1S/C33H47F2N5O9/c1-21(37(2)33(45)46)30(42)36-28(22-7-5-4-6-8-22)32(44)40-11-9-39(10-12-40)31(43)26-19-23-25(38(26)3)20-24(34)27(35)29(23)49-18-17-48-16-15-47-14-13-41/h19-22,28,41H,4-18H2,1-3H3,(H,36,42)(H,45,46)/t21-,28-/m0/s1. The number of hydrogen-bond acceptors (Lipinski definition) is 8. The zero-order valence-electron chi connectivity index (χ0n) is 28.3. The van der Waals surface area contributed by atoms with Gasteiger partial charge in [0, 0.05) is 51.7 Å². The first-order chi connectivity index (χ1) is 23.5. The summed E-state index contributed by atoms with van der Waals surface area (Å²) in [7, 11) is 2.87. The third kappa shape index (κ3) is 9.16. The van der Waals surface area contributed by atoms with Crippen molar-refractivity contribution in [2.45, 2.75) is 51.1 Å². The molecule has 1 aliphatic heterocycles. The summed E-state index contributed by atoms with van der Waals surface area (Å²) in [6, 6.07) is 0.664. The van der Waals surface area contributed by atoms with Gasteiger partial charge in [0.15, 0.2) is 11.6 Å². The van der Waals surface area contributed by atoms with Crippen molar-refractivity contribution >= 4 is 34.7 Å². The third-order valence-electron chi connectivity index (χ3n) is 9.32. The van der Waals surface area contributed by atoms with Gasteiger partial charge in [-0.05, 0) is 31.7 Å². The Labute approximate surface area is 283 Å². The topological polar surface area (TPSA) is 163 Å². The number of fused-ring (bicyclic) bond motifs is 1. The maximum atomic E-state index is 14.9. The van der Waals surface area contributed by atoms with Crippen LogP contribution < -0.4 is 10.1 Å². The van der Waals surface area contributed by atoms with Gasteiger partial charge >= 0.3 is 6.09 Å². The number of benzene rings is 1. The molecule has 1 saturated heterocycles. The molecule has 49 heavy (non-hydrogen) atoms. The molecule has 1 aromatic carbocycles. The Hall–Kier alpha value is -4.02. The largest absolute Gasteiger partial charge is 0.487 e. The lowest BCUT2D eigenvalue weighted by Gasteiger charge is -2.39. The van der Waals surface area contributed by atoms with Crippen LogP contribution in [-0.2, 0) is 26.1 Å². The minimum absolute atomic E-state index is 0.0746. The van der Waals surface area contributed by atoms with E-state index in [4.69, 9.17) is 19.3 Å². The zero-order valence-corrected chi connectivity index (χ0v) is 28.3. The van der Waals surface area contributed by atoms with Crippen molar-refractivity contribution in [3.63, 3.8) is 0 Å². The number of hydrogen-bond donors (Lipinski definition) is 3. The van der Waals surface area contributed by atoms with E-state index in [-0.39, 0.29) is 106 Å². The smallest absolute Gasteiger partial charge is 0.407 e. The quantitative estimate of drug-likeness (QED) is 0.237. The van der Waals surface area contributed by atoms with E-state index in [0.29, 0.717) is 0 Å². The molecule has 16 heteroatoms. The molecule has 14 nitrogen and oxygen atoms in total. The molecular formula is C33H47F2N5O9. The number of carboxylic acid groups (broad SMARTS) is 1. The Bertz CT molecular complexity index is 1470. The number of carbonyl (C=O) groups excluding carboxylic acids is 3. The van der Waals surface area contributed by atoms with Gasteiger partial charge in [-0.3, -0.25) is 19.3 Å². The number of aliphatic hydroxyl groups excluding tert-OH is 1. The van der Waals surface area contributed by atoms with Crippen molar-refractivity contribution in [2.24, 2.45) is 13.0 Å². The minimum atomic E-state index is -1.25. The lowest BCUT2D eigenvalue weighted by atomic mass is 9.83. The fraction of sp³-hybridized carbons (Fsp3) is 0.636. The Morgan fingerprint density at radius 2 is 1.57 bits per heavy atom. The fourth-order valence-corrected chi connectivity index (χ4v) is 6.27. The second-order valence-electron chi connectivity index (χ2n) is 12.4. The van der Waals surface area contributed by atoms with Crippen molar-refractivity contribution in [3.05, 3.63) is 29.5 Å². The van der Waals surface area contributed by atoms with Crippen molar-refractivity contribution in [3.8, 4) is 5.75 Å². The molecule has 4 rings (SSSR count). The number of nitrogens with one attached hydrogen (secondary N) is 1. The molecule has 0 spiro atoms. The highest BCUT2D eigenvalue weighted by atomic mass is 19.2. The van der Waals surface area contributed by atoms with Crippen LogP contribution in [0.1, 0.15) is 49.5 Å². The Kier molecular flexibility index (Phi) is 13.6. The molecule has 1 aromatic heterocycles. The molecule has 4 amide bonds. The summed E-state index contributed by atoms with van der Waals surface area (Å²) in [5, 5.41) is 21.1. The summed E-state index contributed by atoms with van der Waals surface area (Å²) in [6.45, 7) is 2.84. The number of likely N-dealkylation sites (N-methyl/N-ethyl adjacent to an activating group) is 1. The summed E-state index contributed by atoms with van der Waals surface area (Å²) < 4.78 is 47.0. The maximum absolute atomic E-state index is 14.9. The summed E-state index contributed by atoms with van der Waals surface area (Å²) in [5.74, 6) is -3.93. The summed E-state index contributed by atoms with van der Waals surface area (Å²) >= 11 is 0. The first-order valence-corrected chi connectivity index (χ1v) is 16.7. The van der Waals surface area contributed by atoms with E-state index in [1.807, 2.05) is 0 Å². The van der Waals surface area contributed by atoms with Gasteiger partial charge in [0.25, 0.3) is 5.91 Å². The molecular weight excluding hydrogens is 648 g/mol. The van der Waals surface area contributed by atoms with Crippen molar-refractivity contribution in [2.75, 3.05) is 72.9 Å². The highest BCUT2D eigenvalue weighted by Crippen LogP contribution is 2.34. The van der Waals surface area contributed by atoms with E-state index < -0.39 is 35.7 Å². The molecule has 2 aliphatic rings. The monoisotopic (exact) mass is 695 g/mol. The molecule has 2 atom stereocenters. The molecule has 272 valence electrons. The molecule has 2 heterocycles. The Morgan fingerprint density at radius 1 is 0.959 bits per heavy atom. The van der Waals surface area contributed by atoms with Gasteiger partial charge in [0.2, 0.25) is 17.6 Å². The number of amides is 4. The number of ether oxygens (including phenoxy) is 3. The number of carbonyl (C=O) groups is 4.